The zero-order valence-electron chi connectivity index (χ0n) is 15.5. The lowest BCUT2D eigenvalue weighted by Crippen LogP contribution is -2.37. The van der Waals surface area contributed by atoms with E-state index < -0.39 is 0 Å². The minimum atomic E-state index is -0.163. The van der Waals surface area contributed by atoms with E-state index in [1.54, 1.807) is 0 Å². The van der Waals surface area contributed by atoms with Gasteiger partial charge in [0, 0.05) is 44.4 Å². The molecule has 0 radical (unpaired) electrons. The molecule has 2 atom stereocenters. The summed E-state index contributed by atoms with van der Waals surface area (Å²) in [6.45, 7) is 6.37. The molecule has 0 bridgehead atoms. The van der Waals surface area contributed by atoms with Crippen molar-refractivity contribution in [2.24, 2.45) is 18.9 Å². The highest BCUT2D eigenvalue weighted by atomic mass is 16.2. The molecule has 1 aromatic rings. The van der Waals surface area contributed by atoms with Gasteiger partial charge < -0.3 is 9.80 Å². The first-order chi connectivity index (χ1) is 12.0. The van der Waals surface area contributed by atoms with Gasteiger partial charge in [-0.1, -0.05) is 0 Å². The molecule has 2 aliphatic heterocycles. The zero-order chi connectivity index (χ0) is 17.7. The van der Waals surface area contributed by atoms with Crippen LogP contribution in [0.1, 0.15) is 55.1 Å². The Balaban J connectivity index is 1.50. The predicted molar refractivity (Wildman–Crippen MR) is 93.8 cm³/mol. The molecular formula is C19H28N4O2. The topological polar surface area (TPSA) is 58.4 Å². The summed E-state index contributed by atoms with van der Waals surface area (Å²) in [6.07, 6.45) is 4.87. The summed E-state index contributed by atoms with van der Waals surface area (Å²) in [6, 6.07) is 0.119. The maximum atomic E-state index is 13.2. The summed E-state index contributed by atoms with van der Waals surface area (Å²) < 4.78 is 1.90. The third-order valence-corrected chi connectivity index (χ3v) is 6.17. The first-order valence-corrected chi connectivity index (χ1v) is 9.54. The Hall–Kier alpha value is -1.85. The van der Waals surface area contributed by atoms with E-state index in [9.17, 15) is 9.59 Å². The van der Waals surface area contributed by atoms with Crippen LogP contribution in [-0.4, -0.2) is 51.0 Å². The van der Waals surface area contributed by atoms with E-state index in [1.165, 1.54) is 18.4 Å². The van der Waals surface area contributed by atoms with Crippen molar-refractivity contribution in [2.75, 3.05) is 19.6 Å². The Morgan fingerprint density at radius 1 is 1.24 bits per heavy atom. The monoisotopic (exact) mass is 344 g/mol. The second-order valence-corrected chi connectivity index (χ2v) is 8.04. The highest BCUT2D eigenvalue weighted by molar-refractivity contribution is 5.89. The van der Waals surface area contributed by atoms with Gasteiger partial charge in [-0.05, 0) is 45.4 Å². The highest BCUT2D eigenvalue weighted by Crippen LogP contribution is 2.38. The van der Waals surface area contributed by atoms with Crippen molar-refractivity contribution in [2.45, 2.75) is 52.0 Å². The SMILES string of the molecule is Cc1nn(C)c(C)c1[C@H]1CCCN1C(=O)[C@@H]1CC(=O)N(CC2CC2)C1. The van der Waals surface area contributed by atoms with E-state index in [2.05, 4.69) is 12.0 Å². The van der Waals surface area contributed by atoms with Gasteiger partial charge in [-0.15, -0.1) is 0 Å². The van der Waals surface area contributed by atoms with E-state index in [4.69, 9.17) is 0 Å². The number of carbonyl (C=O) groups is 2. The first-order valence-electron chi connectivity index (χ1n) is 9.54. The second-order valence-electron chi connectivity index (χ2n) is 8.04. The zero-order valence-corrected chi connectivity index (χ0v) is 15.5. The summed E-state index contributed by atoms with van der Waals surface area (Å²) in [7, 11) is 1.96. The van der Waals surface area contributed by atoms with Crippen molar-refractivity contribution in [3.63, 3.8) is 0 Å². The Labute approximate surface area is 149 Å². The summed E-state index contributed by atoms with van der Waals surface area (Å²) in [5.74, 6) is 0.841. The summed E-state index contributed by atoms with van der Waals surface area (Å²) in [4.78, 5) is 29.4. The second kappa shape index (κ2) is 6.15. The van der Waals surface area contributed by atoms with Gasteiger partial charge in [0.1, 0.15) is 0 Å². The Morgan fingerprint density at radius 3 is 2.64 bits per heavy atom. The number of hydrogen-bond acceptors (Lipinski definition) is 3. The van der Waals surface area contributed by atoms with Crippen LogP contribution in [0, 0.1) is 25.7 Å². The minimum absolute atomic E-state index is 0.119. The number of rotatable bonds is 4. The van der Waals surface area contributed by atoms with E-state index >= 15 is 0 Å². The van der Waals surface area contributed by atoms with Gasteiger partial charge in [0.15, 0.2) is 0 Å². The van der Waals surface area contributed by atoms with Gasteiger partial charge in [-0.25, -0.2) is 0 Å². The maximum absolute atomic E-state index is 13.2. The number of aromatic nitrogens is 2. The van der Waals surface area contributed by atoms with Crippen LogP contribution in [0.2, 0.25) is 0 Å². The third-order valence-electron chi connectivity index (χ3n) is 6.17. The molecule has 1 saturated carbocycles. The molecule has 2 amide bonds. The van der Waals surface area contributed by atoms with Crippen LogP contribution < -0.4 is 0 Å². The molecule has 3 fully saturated rings. The van der Waals surface area contributed by atoms with Crippen molar-refractivity contribution in [1.82, 2.24) is 19.6 Å². The highest BCUT2D eigenvalue weighted by Gasteiger charge is 2.42. The molecule has 3 aliphatic rings. The van der Waals surface area contributed by atoms with Crippen molar-refractivity contribution >= 4 is 11.8 Å². The van der Waals surface area contributed by atoms with Gasteiger partial charge in [0.25, 0.3) is 0 Å². The number of hydrogen-bond donors (Lipinski definition) is 0. The number of nitrogens with zero attached hydrogens (tertiary/aromatic N) is 4. The van der Waals surface area contributed by atoms with Crippen molar-refractivity contribution in [3.05, 3.63) is 17.0 Å². The molecule has 6 nitrogen and oxygen atoms in total. The molecule has 0 N–H and O–H groups in total. The quantitative estimate of drug-likeness (QED) is 0.839. The Bertz CT molecular complexity index is 707. The molecule has 136 valence electrons. The average molecular weight is 344 g/mol. The van der Waals surface area contributed by atoms with Gasteiger partial charge in [-0.3, -0.25) is 14.3 Å². The number of amides is 2. The van der Waals surface area contributed by atoms with Crippen LogP contribution in [0.5, 0.6) is 0 Å². The molecule has 2 saturated heterocycles. The van der Waals surface area contributed by atoms with E-state index in [-0.39, 0.29) is 23.8 Å². The van der Waals surface area contributed by atoms with Crippen LogP contribution >= 0.6 is 0 Å². The third kappa shape index (κ3) is 2.96. The van der Waals surface area contributed by atoms with Crippen LogP contribution in [0.25, 0.3) is 0 Å². The molecule has 4 rings (SSSR count). The number of aryl methyl sites for hydroxylation is 2. The van der Waals surface area contributed by atoms with E-state index in [0.29, 0.717) is 18.9 Å². The summed E-state index contributed by atoms with van der Waals surface area (Å²) in [5.41, 5.74) is 3.36. The molecule has 0 aromatic carbocycles. The number of carbonyl (C=O) groups excluding carboxylic acids is 2. The van der Waals surface area contributed by atoms with Gasteiger partial charge in [0.2, 0.25) is 11.8 Å². The summed E-state index contributed by atoms with van der Waals surface area (Å²) >= 11 is 0. The fourth-order valence-electron chi connectivity index (χ4n) is 4.56. The van der Waals surface area contributed by atoms with E-state index in [0.717, 1.165) is 37.3 Å². The van der Waals surface area contributed by atoms with Crippen molar-refractivity contribution in [3.8, 4) is 0 Å². The number of likely N-dealkylation sites (tertiary alicyclic amines) is 2. The van der Waals surface area contributed by atoms with Gasteiger partial charge in [0.05, 0.1) is 17.7 Å². The lowest BCUT2D eigenvalue weighted by atomic mass is 10.0. The largest absolute Gasteiger partial charge is 0.342 e. The van der Waals surface area contributed by atoms with Crippen LogP contribution in [0.15, 0.2) is 0 Å². The first kappa shape index (κ1) is 16.6. The smallest absolute Gasteiger partial charge is 0.228 e. The molecule has 3 heterocycles. The summed E-state index contributed by atoms with van der Waals surface area (Å²) in [5, 5.41) is 4.53. The molecular weight excluding hydrogens is 316 g/mol. The minimum Gasteiger partial charge on any atom is -0.342 e. The van der Waals surface area contributed by atoms with E-state index in [1.807, 2.05) is 28.5 Å². The van der Waals surface area contributed by atoms with Crippen LogP contribution in [-0.2, 0) is 16.6 Å². The van der Waals surface area contributed by atoms with Crippen molar-refractivity contribution in [1.29, 1.82) is 0 Å². The van der Waals surface area contributed by atoms with Gasteiger partial charge >= 0.3 is 0 Å². The Kier molecular flexibility index (Phi) is 4.08. The Morgan fingerprint density at radius 2 is 2.00 bits per heavy atom. The van der Waals surface area contributed by atoms with Crippen LogP contribution in [0.4, 0.5) is 0 Å². The average Bonchev–Trinajstić information content (AvgIpc) is 3.02. The molecule has 6 heteroatoms. The normalized spacial score (nSPS) is 26.8. The molecule has 0 spiro atoms. The lowest BCUT2D eigenvalue weighted by Gasteiger charge is -2.28. The molecule has 0 unspecified atom stereocenters. The molecule has 1 aromatic heterocycles. The molecule has 25 heavy (non-hydrogen) atoms. The van der Waals surface area contributed by atoms with Crippen LogP contribution in [0.3, 0.4) is 0 Å². The standard InChI is InChI=1S/C19H28N4O2/c1-12-18(13(2)21(3)20-12)16-5-4-8-23(16)19(25)15-9-17(24)22(11-15)10-14-6-7-14/h14-16H,4-11H2,1-3H3/t15-,16-/m1/s1. The van der Waals surface area contributed by atoms with Crippen molar-refractivity contribution < 1.29 is 9.59 Å². The fraction of sp³-hybridized carbons (Fsp3) is 0.737. The predicted octanol–water partition coefficient (Wildman–Crippen LogP) is 1.96. The fourth-order valence-corrected chi connectivity index (χ4v) is 4.56. The lowest BCUT2D eigenvalue weighted by molar-refractivity contribution is -0.136. The van der Waals surface area contributed by atoms with Gasteiger partial charge in [-0.2, -0.15) is 5.10 Å². The molecule has 1 aliphatic carbocycles. The maximum Gasteiger partial charge on any atom is 0.228 e.